The molecule has 86 valence electrons. The second kappa shape index (κ2) is 4.61. The Labute approximate surface area is 94.3 Å². The van der Waals surface area contributed by atoms with Crippen LogP contribution in [0.5, 0.6) is 0 Å². The lowest BCUT2D eigenvalue weighted by molar-refractivity contribution is 0.0735. The van der Waals surface area contributed by atoms with Crippen LogP contribution in [0.3, 0.4) is 0 Å². The van der Waals surface area contributed by atoms with E-state index < -0.39 is 0 Å². The normalized spacial score (nSPS) is 16.2. The van der Waals surface area contributed by atoms with Crippen LogP contribution >= 0.6 is 0 Å². The first kappa shape index (κ1) is 11.1. The topological polar surface area (TPSA) is 32.3 Å². The number of hydrogen-bond acceptors (Lipinski definition) is 2. The van der Waals surface area contributed by atoms with Gasteiger partial charge in [0.1, 0.15) is 5.82 Å². The average Bonchev–Trinajstić information content (AvgIpc) is 2.29. The van der Waals surface area contributed by atoms with Crippen LogP contribution in [0.15, 0.2) is 18.2 Å². The quantitative estimate of drug-likeness (QED) is 0.774. The van der Waals surface area contributed by atoms with E-state index in [1.807, 2.05) is 0 Å². The minimum absolute atomic E-state index is 0.000926. The molecule has 0 radical (unpaired) electrons. The number of benzene rings is 1. The highest BCUT2D eigenvalue weighted by Crippen LogP contribution is 2.13. The zero-order chi connectivity index (χ0) is 11.5. The molecule has 0 unspecified atom stereocenters. The molecule has 4 heteroatoms. The van der Waals surface area contributed by atoms with Gasteiger partial charge in [0.25, 0.3) is 5.91 Å². The largest absolute Gasteiger partial charge is 0.336 e. The van der Waals surface area contributed by atoms with Crippen molar-refractivity contribution in [3.05, 3.63) is 35.1 Å². The highest BCUT2D eigenvalue weighted by molar-refractivity contribution is 5.95. The van der Waals surface area contributed by atoms with Crippen molar-refractivity contribution in [1.29, 1.82) is 0 Å². The second-order valence-corrected chi connectivity index (χ2v) is 4.00. The highest BCUT2D eigenvalue weighted by Gasteiger charge is 2.19. The Kier molecular flexibility index (Phi) is 3.19. The highest BCUT2D eigenvalue weighted by atomic mass is 19.1. The lowest BCUT2D eigenvalue weighted by atomic mass is 10.1. The maximum absolute atomic E-state index is 12.9. The summed E-state index contributed by atoms with van der Waals surface area (Å²) in [5.41, 5.74) is 1.30. The number of rotatable bonds is 1. The summed E-state index contributed by atoms with van der Waals surface area (Å²) in [6.45, 7) is 4.85. The third kappa shape index (κ3) is 2.22. The smallest absolute Gasteiger partial charge is 0.254 e. The van der Waals surface area contributed by atoms with Crippen LogP contribution in [0.25, 0.3) is 0 Å². The molecular weight excluding hydrogens is 207 g/mol. The maximum Gasteiger partial charge on any atom is 0.254 e. The summed E-state index contributed by atoms with van der Waals surface area (Å²) in [6, 6.07) is 4.30. The van der Waals surface area contributed by atoms with Crippen LogP contribution in [0.1, 0.15) is 15.9 Å². The number of piperazine rings is 1. The number of halogens is 1. The number of carbonyl (C=O) groups excluding carboxylic acids is 1. The lowest BCUT2D eigenvalue weighted by Crippen LogP contribution is -2.46. The van der Waals surface area contributed by atoms with E-state index in [0.29, 0.717) is 11.1 Å². The SMILES string of the molecule is Cc1cc(F)ccc1C(=O)N1CCNCC1. The Morgan fingerprint density at radius 3 is 2.69 bits per heavy atom. The van der Waals surface area contributed by atoms with Crippen molar-refractivity contribution in [3.8, 4) is 0 Å². The minimum atomic E-state index is -0.297. The van der Waals surface area contributed by atoms with Crippen molar-refractivity contribution < 1.29 is 9.18 Å². The van der Waals surface area contributed by atoms with E-state index in [1.165, 1.54) is 12.1 Å². The van der Waals surface area contributed by atoms with Gasteiger partial charge in [-0.25, -0.2) is 4.39 Å². The van der Waals surface area contributed by atoms with E-state index in [4.69, 9.17) is 0 Å². The number of amides is 1. The lowest BCUT2D eigenvalue weighted by Gasteiger charge is -2.27. The molecule has 3 nitrogen and oxygen atoms in total. The molecule has 16 heavy (non-hydrogen) atoms. The predicted octanol–water partition coefficient (Wildman–Crippen LogP) is 1.18. The van der Waals surface area contributed by atoms with Gasteiger partial charge in [0.05, 0.1) is 0 Å². The summed E-state index contributed by atoms with van der Waals surface area (Å²) in [5.74, 6) is -0.298. The summed E-state index contributed by atoms with van der Waals surface area (Å²) in [5, 5.41) is 3.19. The van der Waals surface area contributed by atoms with Gasteiger partial charge in [-0.15, -0.1) is 0 Å². The van der Waals surface area contributed by atoms with E-state index in [0.717, 1.165) is 26.2 Å². The fourth-order valence-corrected chi connectivity index (χ4v) is 1.91. The van der Waals surface area contributed by atoms with Gasteiger partial charge in [0, 0.05) is 31.7 Å². The molecule has 1 saturated heterocycles. The van der Waals surface area contributed by atoms with Gasteiger partial charge in [-0.2, -0.15) is 0 Å². The van der Waals surface area contributed by atoms with Crippen LogP contribution in [-0.4, -0.2) is 37.0 Å². The van der Waals surface area contributed by atoms with Crippen LogP contribution in [0.2, 0.25) is 0 Å². The van der Waals surface area contributed by atoms with E-state index in [-0.39, 0.29) is 11.7 Å². The number of aryl methyl sites for hydroxylation is 1. The molecule has 1 fully saturated rings. The molecule has 0 bridgehead atoms. The molecule has 1 N–H and O–H groups in total. The Hall–Kier alpha value is -1.42. The third-order valence-electron chi connectivity index (χ3n) is 2.82. The van der Waals surface area contributed by atoms with Gasteiger partial charge in [-0.05, 0) is 30.7 Å². The maximum atomic E-state index is 12.9. The van der Waals surface area contributed by atoms with Crippen LogP contribution in [0, 0.1) is 12.7 Å². The Bertz CT molecular complexity index is 400. The standard InChI is InChI=1S/C12H15FN2O/c1-9-8-10(13)2-3-11(9)12(16)15-6-4-14-5-7-15/h2-3,8,14H,4-7H2,1H3. The van der Waals surface area contributed by atoms with Gasteiger partial charge >= 0.3 is 0 Å². The van der Waals surface area contributed by atoms with E-state index >= 15 is 0 Å². The van der Waals surface area contributed by atoms with Crippen LogP contribution in [-0.2, 0) is 0 Å². The predicted molar refractivity (Wildman–Crippen MR) is 59.9 cm³/mol. The first-order valence-electron chi connectivity index (χ1n) is 5.44. The number of nitrogens with one attached hydrogen (secondary N) is 1. The summed E-state index contributed by atoms with van der Waals surface area (Å²) < 4.78 is 12.9. The fourth-order valence-electron chi connectivity index (χ4n) is 1.91. The van der Waals surface area contributed by atoms with E-state index in [2.05, 4.69) is 5.32 Å². The molecule has 1 aromatic rings. The minimum Gasteiger partial charge on any atom is -0.336 e. The summed E-state index contributed by atoms with van der Waals surface area (Å²) in [6.07, 6.45) is 0. The molecule has 1 aromatic carbocycles. The number of carbonyl (C=O) groups is 1. The Morgan fingerprint density at radius 1 is 1.38 bits per heavy atom. The third-order valence-corrected chi connectivity index (χ3v) is 2.82. The number of nitrogens with zero attached hydrogens (tertiary/aromatic N) is 1. The molecule has 0 spiro atoms. The van der Waals surface area contributed by atoms with Crippen molar-refractivity contribution in [1.82, 2.24) is 10.2 Å². The van der Waals surface area contributed by atoms with Crippen molar-refractivity contribution in [3.63, 3.8) is 0 Å². The van der Waals surface area contributed by atoms with Crippen molar-refractivity contribution in [2.45, 2.75) is 6.92 Å². The molecule has 1 heterocycles. The molecule has 1 aliphatic heterocycles. The molecule has 0 aromatic heterocycles. The summed E-state index contributed by atoms with van der Waals surface area (Å²) in [7, 11) is 0. The first-order valence-corrected chi connectivity index (χ1v) is 5.44. The van der Waals surface area contributed by atoms with Gasteiger partial charge < -0.3 is 10.2 Å². The van der Waals surface area contributed by atoms with Crippen molar-refractivity contribution >= 4 is 5.91 Å². The van der Waals surface area contributed by atoms with Gasteiger partial charge in [0.2, 0.25) is 0 Å². The number of hydrogen-bond donors (Lipinski definition) is 1. The average molecular weight is 222 g/mol. The fraction of sp³-hybridized carbons (Fsp3) is 0.417. The molecule has 0 atom stereocenters. The molecular formula is C12H15FN2O. The summed E-state index contributed by atoms with van der Waals surface area (Å²) in [4.78, 5) is 13.9. The zero-order valence-corrected chi connectivity index (χ0v) is 9.29. The van der Waals surface area contributed by atoms with E-state index in [9.17, 15) is 9.18 Å². The van der Waals surface area contributed by atoms with Gasteiger partial charge in [0.15, 0.2) is 0 Å². The Balaban J connectivity index is 2.19. The second-order valence-electron chi connectivity index (χ2n) is 4.00. The first-order chi connectivity index (χ1) is 7.68. The zero-order valence-electron chi connectivity index (χ0n) is 9.29. The van der Waals surface area contributed by atoms with Gasteiger partial charge in [-0.1, -0.05) is 0 Å². The van der Waals surface area contributed by atoms with Gasteiger partial charge in [-0.3, -0.25) is 4.79 Å². The van der Waals surface area contributed by atoms with Crippen LogP contribution in [0.4, 0.5) is 4.39 Å². The van der Waals surface area contributed by atoms with Crippen molar-refractivity contribution in [2.24, 2.45) is 0 Å². The Morgan fingerprint density at radius 2 is 2.06 bits per heavy atom. The molecule has 0 saturated carbocycles. The summed E-state index contributed by atoms with van der Waals surface area (Å²) >= 11 is 0. The monoisotopic (exact) mass is 222 g/mol. The van der Waals surface area contributed by atoms with Crippen LogP contribution < -0.4 is 5.32 Å². The molecule has 1 amide bonds. The molecule has 1 aliphatic rings. The molecule has 2 rings (SSSR count). The van der Waals surface area contributed by atoms with Crippen molar-refractivity contribution in [2.75, 3.05) is 26.2 Å². The molecule has 0 aliphatic carbocycles. The van der Waals surface area contributed by atoms with E-state index in [1.54, 1.807) is 17.9 Å².